The predicted octanol–water partition coefficient (Wildman–Crippen LogP) is 2.22. The molecule has 2 atom stereocenters. The highest BCUT2D eigenvalue weighted by atomic mass is 79.9. The van der Waals surface area contributed by atoms with Gasteiger partial charge >= 0.3 is 0 Å². The summed E-state index contributed by atoms with van der Waals surface area (Å²) in [5.41, 5.74) is 5.85. The Balaban J connectivity index is 2.37. The lowest BCUT2D eigenvalue weighted by molar-refractivity contribution is 0.0183. The molecule has 1 saturated heterocycles. The van der Waals surface area contributed by atoms with Gasteiger partial charge in [0.05, 0.1) is 6.10 Å². The molecule has 1 aliphatic heterocycles. The molecule has 0 bridgehead atoms. The summed E-state index contributed by atoms with van der Waals surface area (Å²) in [7, 11) is -2.37. The standard InChI is InChI=1S/C13H18BrFN2O3S/c1-8-3-4-17(7-12(8)20-2)21(18,19)13-6-11(16)9(14)5-10(13)15/h5-6,8,12H,3-4,7,16H2,1-2H3. The minimum Gasteiger partial charge on any atom is -0.398 e. The van der Waals surface area contributed by atoms with Crippen LogP contribution in [0.4, 0.5) is 10.1 Å². The number of methoxy groups -OCH3 is 1. The zero-order chi connectivity index (χ0) is 15.8. The van der Waals surface area contributed by atoms with Crippen LogP contribution in [-0.2, 0) is 14.8 Å². The van der Waals surface area contributed by atoms with Gasteiger partial charge in [-0.05, 0) is 40.4 Å². The van der Waals surface area contributed by atoms with Gasteiger partial charge in [0.25, 0.3) is 0 Å². The Morgan fingerprint density at radius 3 is 2.76 bits per heavy atom. The van der Waals surface area contributed by atoms with E-state index in [0.717, 1.165) is 12.1 Å². The number of anilines is 1. The van der Waals surface area contributed by atoms with Crippen molar-refractivity contribution in [1.82, 2.24) is 4.31 Å². The Hall–Kier alpha value is -0.700. The molecule has 2 unspecified atom stereocenters. The topological polar surface area (TPSA) is 72.6 Å². The number of benzene rings is 1. The van der Waals surface area contributed by atoms with E-state index in [-0.39, 0.29) is 24.3 Å². The number of halogens is 2. The molecule has 0 radical (unpaired) electrons. The third-order valence-corrected chi connectivity index (χ3v) is 6.39. The van der Waals surface area contributed by atoms with Crippen LogP contribution in [0.5, 0.6) is 0 Å². The van der Waals surface area contributed by atoms with Crippen molar-refractivity contribution < 1.29 is 17.5 Å². The van der Waals surface area contributed by atoms with E-state index in [1.54, 1.807) is 7.11 Å². The molecular weight excluding hydrogens is 363 g/mol. The molecule has 1 aromatic rings. The lowest BCUT2D eigenvalue weighted by atomic mass is 9.97. The molecule has 5 nitrogen and oxygen atoms in total. The van der Waals surface area contributed by atoms with E-state index in [1.165, 1.54) is 4.31 Å². The van der Waals surface area contributed by atoms with E-state index in [2.05, 4.69) is 15.9 Å². The summed E-state index contributed by atoms with van der Waals surface area (Å²) < 4.78 is 46.1. The van der Waals surface area contributed by atoms with Crippen molar-refractivity contribution in [2.45, 2.75) is 24.3 Å². The van der Waals surface area contributed by atoms with Crippen LogP contribution in [0.25, 0.3) is 0 Å². The van der Waals surface area contributed by atoms with Crippen LogP contribution in [0.15, 0.2) is 21.5 Å². The fraction of sp³-hybridized carbons (Fsp3) is 0.538. The Kier molecular flexibility index (Phi) is 4.92. The van der Waals surface area contributed by atoms with Crippen molar-refractivity contribution in [2.24, 2.45) is 5.92 Å². The number of rotatable bonds is 3. The summed E-state index contributed by atoms with van der Waals surface area (Å²) >= 11 is 3.08. The summed E-state index contributed by atoms with van der Waals surface area (Å²) in [6, 6.07) is 2.22. The van der Waals surface area contributed by atoms with Crippen molar-refractivity contribution in [3.63, 3.8) is 0 Å². The van der Waals surface area contributed by atoms with Gasteiger partial charge in [-0.2, -0.15) is 4.31 Å². The van der Waals surface area contributed by atoms with Crippen LogP contribution in [0.2, 0.25) is 0 Å². The second-order valence-electron chi connectivity index (χ2n) is 5.21. The van der Waals surface area contributed by atoms with E-state index in [1.807, 2.05) is 6.92 Å². The molecule has 1 heterocycles. The predicted molar refractivity (Wildman–Crippen MR) is 81.8 cm³/mol. The summed E-state index contributed by atoms with van der Waals surface area (Å²) in [5.74, 6) is -0.551. The van der Waals surface area contributed by atoms with Gasteiger partial charge in [-0.3, -0.25) is 0 Å². The van der Waals surface area contributed by atoms with Gasteiger partial charge in [0.1, 0.15) is 10.7 Å². The monoisotopic (exact) mass is 380 g/mol. The van der Waals surface area contributed by atoms with E-state index >= 15 is 0 Å². The molecule has 0 aliphatic carbocycles. The van der Waals surface area contributed by atoms with Crippen molar-refractivity contribution in [2.75, 3.05) is 25.9 Å². The zero-order valence-electron chi connectivity index (χ0n) is 11.8. The third-order valence-electron chi connectivity index (χ3n) is 3.82. The quantitative estimate of drug-likeness (QED) is 0.815. The van der Waals surface area contributed by atoms with Gasteiger partial charge in [-0.1, -0.05) is 6.92 Å². The van der Waals surface area contributed by atoms with Crippen LogP contribution in [-0.4, -0.2) is 39.0 Å². The highest BCUT2D eigenvalue weighted by Crippen LogP contribution is 2.30. The molecule has 0 aromatic heterocycles. The first-order valence-electron chi connectivity index (χ1n) is 6.54. The second-order valence-corrected chi connectivity index (χ2v) is 7.97. The molecule has 118 valence electrons. The van der Waals surface area contributed by atoms with Crippen molar-refractivity contribution >= 4 is 31.6 Å². The molecular formula is C13H18BrFN2O3S. The molecule has 0 saturated carbocycles. The average Bonchev–Trinajstić information content (AvgIpc) is 2.43. The summed E-state index contributed by atoms with van der Waals surface area (Å²) in [6.07, 6.45) is 0.482. The zero-order valence-corrected chi connectivity index (χ0v) is 14.2. The Bertz CT molecular complexity index is 639. The minimum atomic E-state index is -3.92. The average molecular weight is 381 g/mol. The molecule has 1 aliphatic rings. The SMILES string of the molecule is COC1CN(S(=O)(=O)c2cc(N)c(Br)cc2F)CCC1C. The minimum absolute atomic E-state index is 0.184. The van der Waals surface area contributed by atoms with Crippen LogP contribution >= 0.6 is 15.9 Å². The maximum absolute atomic E-state index is 14.0. The maximum Gasteiger partial charge on any atom is 0.246 e. The van der Waals surface area contributed by atoms with Gasteiger partial charge in [-0.25, -0.2) is 12.8 Å². The number of piperidine rings is 1. The number of nitrogens with two attached hydrogens (primary N) is 1. The van der Waals surface area contributed by atoms with Gasteiger partial charge in [0.15, 0.2) is 0 Å². The Morgan fingerprint density at radius 2 is 2.14 bits per heavy atom. The van der Waals surface area contributed by atoms with Gasteiger partial charge in [-0.15, -0.1) is 0 Å². The normalized spacial score (nSPS) is 24.2. The van der Waals surface area contributed by atoms with E-state index < -0.39 is 20.7 Å². The summed E-state index contributed by atoms with van der Waals surface area (Å²) in [5, 5.41) is 0. The molecule has 1 fully saturated rings. The number of nitrogen functional groups attached to an aromatic ring is 1. The third kappa shape index (κ3) is 3.23. The number of nitrogens with zero attached hydrogens (tertiary/aromatic N) is 1. The number of hydrogen-bond acceptors (Lipinski definition) is 4. The van der Waals surface area contributed by atoms with Gasteiger partial charge in [0.2, 0.25) is 10.0 Å². The van der Waals surface area contributed by atoms with Crippen LogP contribution in [0.1, 0.15) is 13.3 Å². The summed E-state index contributed by atoms with van der Waals surface area (Å²) in [4.78, 5) is -0.396. The first-order valence-corrected chi connectivity index (χ1v) is 8.78. The number of hydrogen-bond donors (Lipinski definition) is 1. The first-order chi connectivity index (χ1) is 9.77. The van der Waals surface area contributed by atoms with E-state index in [9.17, 15) is 12.8 Å². The molecule has 8 heteroatoms. The Labute approximate surface area is 132 Å². The molecule has 2 N–H and O–H groups in total. The molecule has 1 aromatic carbocycles. The molecule has 0 spiro atoms. The highest BCUT2D eigenvalue weighted by molar-refractivity contribution is 9.10. The van der Waals surface area contributed by atoms with Gasteiger partial charge in [0, 0.05) is 30.4 Å². The molecule has 0 amide bonds. The first kappa shape index (κ1) is 16.7. The van der Waals surface area contributed by atoms with Crippen molar-refractivity contribution in [3.05, 3.63) is 22.4 Å². The summed E-state index contributed by atoms with van der Waals surface area (Å²) in [6.45, 7) is 2.57. The van der Waals surface area contributed by atoms with E-state index in [4.69, 9.17) is 10.5 Å². The number of ether oxygens (including phenoxy) is 1. The lowest BCUT2D eigenvalue weighted by Gasteiger charge is -2.35. The fourth-order valence-electron chi connectivity index (χ4n) is 2.41. The second kappa shape index (κ2) is 6.20. The van der Waals surface area contributed by atoms with Crippen LogP contribution in [0, 0.1) is 11.7 Å². The Morgan fingerprint density at radius 1 is 1.48 bits per heavy atom. The maximum atomic E-state index is 14.0. The fourth-order valence-corrected chi connectivity index (χ4v) is 4.28. The lowest BCUT2D eigenvalue weighted by Crippen LogP contribution is -2.46. The largest absolute Gasteiger partial charge is 0.398 e. The van der Waals surface area contributed by atoms with Gasteiger partial charge < -0.3 is 10.5 Å². The van der Waals surface area contributed by atoms with E-state index in [0.29, 0.717) is 17.4 Å². The smallest absolute Gasteiger partial charge is 0.246 e. The molecule has 2 rings (SSSR count). The highest BCUT2D eigenvalue weighted by Gasteiger charge is 2.35. The van der Waals surface area contributed by atoms with Crippen LogP contribution in [0.3, 0.4) is 0 Å². The van der Waals surface area contributed by atoms with Crippen molar-refractivity contribution in [3.8, 4) is 0 Å². The van der Waals surface area contributed by atoms with Crippen LogP contribution < -0.4 is 5.73 Å². The number of sulfonamides is 1. The van der Waals surface area contributed by atoms with Crippen molar-refractivity contribution in [1.29, 1.82) is 0 Å². The molecule has 21 heavy (non-hydrogen) atoms.